The van der Waals surface area contributed by atoms with Crippen molar-refractivity contribution in [2.24, 2.45) is 0 Å². The number of phenols is 2. The summed E-state index contributed by atoms with van der Waals surface area (Å²) in [6.07, 6.45) is 3.03. The van der Waals surface area contributed by atoms with E-state index >= 15 is 0 Å². The van der Waals surface area contributed by atoms with E-state index in [0.29, 0.717) is 6.61 Å². The van der Waals surface area contributed by atoms with Crippen LogP contribution in [0.3, 0.4) is 0 Å². The second-order valence-electron chi connectivity index (χ2n) is 8.79. The number of aliphatic hydroxyl groups is 1. The van der Waals surface area contributed by atoms with Crippen molar-refractivity contribution >= 4 is 21.4 Å². The monoisotopic (exact) mass is 475 g/mol. The number of nitrogens with zero attached hydrogens (tertiary/aromatic N) is 1. The van der Waals surface area contributed by atoms with Gasteiger partial charge in [0.05, 0.1) is 0 Å². The molecule has 176 valence electrons. The lowest BCUT2D eigenvalue weighted by Gasteiger charge is -2.26. The standard InChI is InChI=1S/C28H29NO4S/c30-21-8-4-20(5-9-21)28-26(24-13-10-22(31)18-25(24)34-28)27(32)19-6-11-23(12-7-19)33-17-16-29-14-2-1-3-15-29/h4-13,18,27,30-32H,1-3,14-17H2. The highest BCUT2D eigenvalue weighted by molar-refractivity contribution is 7.22. The number of rotatable bonds is 7. The van der Waals surface area contributed by atoms with E-state index in [4.69, 9.17) is 4.74 Å². The van der Waals surface area contributed by atoms with Crippen molar-refractivity contribution in [3.63, 3.8) is 0 Å². The van der Waals surface area contributed by atoms with E-state index < -0.39 is 6.10 Å². The quantitative estimate of drug-likeness (QED) is 0.309. The zero-order valence-corrected chi connectivity index (χ0v) is 19.8. The van der Waals surface area contributed by atoms with Gasteiger partial charge in [0.15, 0.2) is 0 Å². The zero-order chi connectivity index (χ0) is 23.5. The first-order valence-corrected chi connectivity index (χ1v) is 12.6. The predicted molar refractivity (Wildman–Crippen MR) is 137 cm³/mol. The minimum absolute atomic E-state index is 0.193. The Hall–Kier alpha value is -3.06. The number of aliphatic hydroxyl groups excluding tert-OH is 1. The van der Waals surface area contributed by atoms with Crippen LogP contribution in [-0.2, 0) is 0 Å². The molecule has 1 atom stereocenters. The summed E-state index contributed by atoms with van der Waals surface area (Å²) in [4.78, 5) is 3.36. The topological polar surface area (TPSA) is 73.2 Å². The van der Waals surface area contributed by atoms with E-state index in [2.05, 4.69) is 4.90 Å². The molecule has 2 heterocycles. The molecule has 3 aromatic carbocycles. The van der Waals surface area contributed by atoms with Crippen molar-refractivity contribution in [1.82, 2.24) is 4.90 Å². The van der Waals surface area contributed by atoms with Crippen LogP contribution in [-0.4, -0.2) is 46.5 Å². The van der Waals surface area contributed by atoms with Gasteiger partial charge in [-0.2, -0.15) is 0 Å². The van der Waals surface area contributed by atoms with Crippen LogP contribution in [0.1, 0.15) is 36.5 Å². The Morgan fingerprint density at radius 2 is 1.56 bits per heavy atom. The summed E-state index contributed by atoms with van der Waals surface area (Å²) < 4.78 is 6.85. The van der Waals surface area contributed by atoms with E-state index in [9.17, 15) is 15.3 Å². The first-order valence-electron chi connectivity index (χ1n) is 11.8. The highest BCUT2D eigenvalue weighted by Gasteiger charge is 2.22. The average molecular weight is 476 g/mol. The second kappa shape index (κ2) is 10.1. The molecule has 1 fully saturated rings. The molecule has 1 aromatic heterocycles. The highest BCUT2D eigenvalue weighted by atomic mass is 32.1. The Morgan fingerprint density at radius 1 is 0.853 bits per heavy atom. The molecule has 0 spiro atoms. The predicted octanol–water partition coefficient (Wildman–Crippen LogP) is 5.93. The molecule has 1 unspecified atom stereocenters. The summed E-state index contributed by atoms with van der Waals surface area (Å²) >= 11 is 1.52. The Kier molecular flexibility index (Phi) is 6.72. The number of ether oxygens (including phenoxy) is 1. The third-order valence-electron chi connectivity index (χ3n) is 6.44. The van der Waals surface area contributed by atoms with Crippen molar-refractivity contribution in [3.05, 3.63) is 77.9 Å². The molecule has 0 aliphatic carbocycles. The minimum atomic E-state index is -0.843. The van der Waals surface area contributed by atoms with Gasteiger partial charge < -0.3 is 20.1 Å². The molecule has 5 nitrogen and oxygen atoms in total. The van der Waals surface area contributed by atoms with Crippen molar-refractivity contribution in [1.29, 1.82) is 0 Å². The lowest BCUT2D eigenvalue weighted by molar-refractivity contribution is 0.183. The van der Waals surface area contributed by atoms with E-state index in [-0.39, 0.29) is 11.5 Å². The molecule has 4 aromatic rings. The summed E-state index contributed by atoms with van der Waals surface area (Å²) in [6.45, 7) is 3.91. The molecule has 0 radical (unpaired) electrons. The van der Waals surface area contributed by atoms with Crippen LogP contribution in [0.5, 0.6) is 17.2 Å². The summed E-state index contributed by atoms with van der Waals surface area (Å²) in [5, 5.41) is 32.0. The average Bonchev–Trinajstić information content (AvgIpc) is 3.23. The zero-order valence-electron chi connectivity index (χ0n) is 19.0. The number of fused-ring (bicyclic) bond motifs is 1. The van der Waals surface area contributed by atoms with Crippen LogP contribution in [0.2, 0.25) is 0 Å². The van der Waals surface area contributed by atoms with Gasteiger partial charge in [0.2, 0.25) is 0 Å². The van der Waals surface area contributed by atoms with Crippen molar-refractivity contribution < 1.29 is 20.1 Å². The maximum Gasteiger partial charge on any atom is 0.119 e. The smallest absolute Gasteiger partial charge is 0.119 e. The lowest BCUT2D eigenvalue weighted by Crippen LogP contribution is -2.33. The van der Waals surface area contributed by atoms with Gasteiger partial charge in [0.1, 0.15) is 30.0 Å². The minimum Gasteiger partial charge on any atom is -0.508 e. The largest absolute Gasteiger partial charge is 0.508 e. The fraction of sp³-hybridized carbons (Fsp3) is 0.286. The second-order valence-corrected chi connectivity index (χ2v) is 9.85. The fourth-order valence-corrected chi connectivity index (χ4v) is 5.87. The van der Waals surface area contributed by atoms with Crippen molar-refractivity contribution in [3.8, 4) is 27.7 Å². The molecule has 0 amide bonds. The number of thiophene rings is 1. The lowest BCUT2D eigenvalue weighted by atomic mass is 9.96. The first kappa shape index (κ1) is 22.7. The van der Waals surface area contributed by atoms with Gasteiger partial charge in [0.25, 0.3) is 0 Å². The van der Waals surface area contributed by atoms with Crippen LogP contribution in [0.15, 0.2) is 66.7 Å². The van der Waals surface area contributed by atoms with E-state index in [0.717, 1.165) is 57.0 Å². The Morgan fingerprint density at radius 3 is 2.29 bits per heavy atom. The normalized spacial score (nSPS) is 15.4. The molecule has 5 rings (SSSR count). The Labute approximate surface area is 203 Å². The van der Waals surface area contributed by atoms with Gasteiger partial charge >= 0.3 is 0 Å². The molecule has 0 bridgehead atoms. The van der Waals surface area contributed by atoms with Gasteiger partial charge in [-0.25, -0.2) is 0 Å². The molecule has 34 heavy (non-hydrogen) atoms. The van der Waals surface area contributed by atoms with E-state index in [1.165, 1.54) is 30.6 Å². The van der Waals surface area contributed by atoms with Gasteiger partial charge in [-0.3, -0.25) is 4.90 Å². The Balaban J connectivity index is 1.38. The summed E-state index contributed by atoms with van der Waals surface area (Å²) in [6, 6.07) is 19.8. The molecular formula is C28H29NO4S. The van der Waals surface area contributed by atoms with Gasteiger partial charge in [-0.05, 0) is 97.0 Å². The van der Waals surface area contributed by atoms with Crippen LogP contribution in [0.4, 0.5) is 0 Å². The molecule has 3 N–H and O–H groups in total. The molecule has 1 saturated heterocycles. The highest BCUT2D eigenvalue weighted by Crippen LogP contribution is 2.45. The molecule has 6 heteroatoms. The number of likely N-dealkylation sites (tertiary alicyclic amines) is 1. The Bertz CT molecular complexity index is 1240. The maximum absolute atomic E-state index is 11.4. The number of phenolic OH excluding ortho intramolecular Hbond substituents is 2. The van der Waals surface area contributed by atoms with Crippen LogP contribution < -0.4 is 4.74 Å². The molecule has 1 aliphatic heterocycles. The van der Waals surface area contributed by atoms with Gasteiger partial charge in [0, 0.05) is 21.7 Å². The van der Waals surface area contributed by atoms with Gasteiger partial charge in [-0.15, -0.1) is 11.3 Å². The first-order chi connectivity index (χ1) is 16.6. The number of hydrogen-bond donors (Lipinski definition) is 3. The van der Waals surface area contributed by atoms with Crippen molar-refractivity contribution in [2.75, 3.05) is 26.2 Å². The van der Waals surface area contributed by atoms with E-state index in [1.807, 2.05) is 42.5 Å². The maximum atomic E-state index is 11.4. The third kappa shape index (κ3) is 4.89. The molecule has 1 aliphatic rings. The van der Waals surface area contributed by atoms with Crippen molar-refractivity contribution in [2.45, 2.75) is 25.4 Å². The summed E-state index contributed by atoms with van der Waals surface area (Å²) in [5.74, 6) is 1.19. The molecule has 0 saturated carbocycles. The fourth-order valence-electron chi connectivity index (χ4n) is 4.59. The van der Waals surface area contributed by atoms with E-state index in [1.54, 1.807) is 24.3 Å². The summed E-state index contributed by atoms with van der Waals surface area (Å²) in [7, 11) is 0. The van der Waals surface area contributed by atoms with Crippen LogP contribution in [0.25, 0.3) is 20.5 Å². The molecular weight excluding hydrogens is 446 g/mol. The SMILES string of the molecule is Oc1ccc(-c2sc3cc(O)ccc3c2C(O)c2ccc(OCCN3CCCCC3)cc2)cc1. The van der Waals surface area contributed by atoms with Gasteiger partial charge in [-0.1, -0.05) is 18.6 Å². The number of aromatic hydroxyl groups is 2. The third-order valence-corrected chi connectivity index (χ3v) is 7.65. The van der Waals surface area contributed by atoms with Crippen LogP contribution >= 0.6 is 11.3 Å². The number of hydrogen-bond acceptors (Lipinski definition) is 6. The summed E-state index contributed by atoms with van der Waals surface area (Å²) in [5.41, 5.74) is 2.48. The number of piperidine rings is 1. The number of benzene rings is 3. The van der Waals surface area contributed by atoms with Crippen LogP contribution in [0, 0.1) is 0 Å².